The number of benzene rings is 1. The summed E-state index contributed by atoms with van der Waals surface area (Å²) >= 11 is 0. The molecule has 0 bridgehead atoms. The van der Waals surface area contributed by atoms with E-state index in [-0.39, 0.29) is 30.0 Å². The predicted octanol–water partition coefficient (Wildman–Crippen LogP) is 7.26. The Morgan fingerprint density at radius 2 is 1.79 bits per heavy atom. The van der Waals surface area contributed by atoms with Crippen LogP contribution < -0.4 is 0 Å². The number of carbonyl (C=O) groups excluding carboxylic acids is 1. The average Bonchev–Trinajstić information content (AvgIpc) is 2.67. The smallest absolute Gasteiger partial charge is 0.307 e. The zero-order valence-electron chi connectivity index (χ0n) is 22.0. The number of rotatable bonds is 12. The molecule has 34 heavy (non-hydrogen) atoms. The summed E-state index contributed by atoms with van der Waals surface area (Å²) < 4.78 is 11.3. The van der Waals surface area contributed by atoms with Gasteiger partial charge in [-0.15, -0.1) is 0 Å². The molecule has 0 saturated heterocycles. The Balaban J connectivity index is 1.90. The molecular formula is C29H45NO4. The minimum Gasteiger partial charge on any atom is -0.512 e. The molecule has 5 nitrogen and oxygen atoms in total. The van der Waals surface area contributed by atoms with Crippen LogP contribution in [-0.4, -0.2) is 29.0 Å². The molecule has 5 heteroatoms. The summed E-state index contributed by atoms with van der Waals surface area (Å²) in [6, 6.07) is 10.0. The van der Waals surface area contributed by atoms with Gasteiger partial charge in [0.25, 0.3) is 0 Å². The van der Waals surface area contributed by atoms with Gasteiger partial charge in [0.15, 0.2) is 0 Å². The van der Waals surface area contributed by atoms with Crippen LogP contribution in [0, 0.1) is 28.6 Å². The monoisotopic (exact) mass is 471 g/mol. The Kier molecular flexibility index (Phi) is 10.4. The maximum atomic E-state index is 12.5. The zero-order chi connectivity index (χ0) is 25.4. The van der Waals surface area contributed by atoms with Crippen LogP contribution in [-0.2, 0) is 20.9 Å². The molecule has 1 atom stereocenters. The summed E-state index contributed by atoms with van der Waals surface area (Å²) in [5.41, 5.74) is 1.32. The van der Waals surface area contributed by atoms with E-state index < -0.39 is 5.60 Å². The molecule has 1 aromatic carbocycles. The Morgan fingerprint density at radius 3 is 2.38 bits per heavy atom. The Bertz CT molecular complexity index is 811. The largest absolute Gasteiger partial charge is 0.512 e. The SMILES string of the molecule is CC(C)(C)C[C@H]1C[C@@H](C(=N)/C=C(\O)[C@@H](CCCOCc2ccccc2)CC(=O)OC(C)(C)C)C1. The minimum atomic E-state index is -0.569. The van der Waals surface area contributed by atoms with E-state index in [0.717, 1.165) is 24.8 Å². The molecule has 0 amide bonds. The van der Waals surface area contributed by atoms with Crippen molar-refractivity contribution in [1.82, 2.24) is 0 Å². The Labute approximate surface area is 206 Å². The summed E-state index contributed by atoms with van der Waals surface area (Å²) in [5, 5.41) is 19.3. The number of nitrogens with one attached hydrogen (secondary N) is 1. The second kappa shape index (κ2) is 12.5. The van der Waals surface area contributed by atoms with E-state index in [2.05, 4.69) is 20.8 Å². The van der Waals surface area contributed by atoms with Crippen LogP contribution in [0.4, 0.5) is 0 Å². The van der Waals surface area contributed by atoms with Gasteiger partial charge in [0.1, 0.15) is 5.60 Å². The third-order valence-electron chi connectivity index (χ3n) is 6.08. The van der Waals surface area contributed by atoms with E-state index >= 15 is 0 Å². The lowest BCUT2D eigenvalue weighted by atomic mass is 9.66. The highest BCUT2D eigenvalue weighted by Gasteiger charge is 2.34. The Hall–Kier alpha value is -2.14. The number of carbonyl (C=O) groups is 1. The minimum absolute atomic E-state index is 0.100. The molecule has 1 fully saturated rings. The lowest BCUT2D eigenvalue weighted by Gasteiger charge is -2.38. The van der Waals surface area contributed by atoms with Gasteiger partial charge in [-0.3, -0.25) is 4.79 Å². The van der Waals surface area contributed by atoms with Gasteiger partial charge in [0.2, 0.25) is 0 Å². The van der Waals surface area contributed by atoms with Gasteiger partial charge in [-0.25, -0.2) is 0 Å². The third kappa shape index (κ3) is 10.9. The number of esters is 1. The van der Waals surface area contributed by atoms with Crippen molar-refractivity contribution in [3.05, 3.63) is 47.7 Å². The first-order valence-electron chi connectivity index (χ1n) is 12.6. The van der Waals surface area contributed by atoms with E-state index in [4.69, 9.17) is 14.9 Å². The van der Waals surface area contributed by atoms with Crippen molar-refractivity contribution >= 4 is 11.7 Å². The summed E-state index contributed by atoms with van der Waals surface area (Å²) in [7, 11) is 0. The van der Waals surface area contributed by atoms with Gasteiger partial charge in [-0.2, -0.15) is 0 Å². The van der Waals surface area contributed by atoms with Crippen molar-refractivity contribution in [3.8, 4) is 0 Å². The van der Waals surface area contributed by atoms with Crippen molar-refractivity contribution in [2.24, 2.45) is 23.2 Å². The summed E-state index contributed by atoms with van der Waals surface area (Å²) in [4.78, 5) is 12.5. The van der Waals surface area contributed by atoms with E-state index in [1.54, 1.807) is 6.08 Å². The summed E-state index contributed by atoms with van der Waals surface area (Å²) in [6.45, 7) is 13.4. The van der Waals surface area contributed by atoms with Gasteiger partial charge >= 0.3 is 5.97 Å². The van der Waals surface area contributed by atoms with Crippen molar-refractivity contribution in [1.29, 1.82) is 5.41 Å². The quantitative estimate of drug-likeness (QED) is 0.146. The molecule has 0 aromatic heterocycles. The van der Waals surface area contributed by atoms with Crippen molar-refractivity contribution in [2.75, 3.05) is 6.61 Å². The van der Waals surface area contributed by atoms with Crippen molar-refractivity contribution in [2.45, 2.75) is 92.3 Å². The first-order chi connectivity index (χ1) is 15.8. The van der Waals surface area contributed by atoms with Crippen LogP contribution in [0.5, 0.6) is 0 Å². The second-order valence-corrected chi connectivity index (χ2v) is 12.0. The summed E-state index contributed by atoms with van der Waals surface area (Å²) in [6.07, 6.45) is 6.16. The highest BCUT2D eigenvalue weighted by Crippen LogP contribution is 2.42. The van der Waals surface area contributed by atoms with E-state index in [1.165, 1.54) is 0 Å². The number of aliphatic hydroxyl groups is 1. The zero-order valence-corrected chi connectivity index (χ0v) is 22.0. The normalized spacial score (nSPS) is 19.9. The first-order valence-corrected chi connectivity index (χ1v) is 12.6. The standard InChI is InChI=1S/C29H45NO4/c1-28(2,3)19-22-15-24(16-22)25(30)18-26(31)23(17-27(32)34-29(4,5)6)13-10-14-33-20-21-11-8-7-9-12-21/h7-9,11-12,18,22-24,30-31H,10,13-17,19-20H2,1-6H3/b26-18-,30-25?/t22-,23-,24+/m0/s1. The van der Waals surface area contributed by atoms with Crippen molar-refractivity contribution < 1.29 is 19.4 Å². The number of hydrogen-bond donors (Lipinski definition) is 2. The molecule has 1 aliphatic rings. The fourth-order valence-corrected chi connectivity index (χ4v) is 4.55. The summed E-state index contributed by atoms with van der Waals surface area (Å²) in [5.74, 6) is 0.258. The molecule has 190 valence electrons. The fraction of sp³-hybridized carbons (Fsp3) is 0.655. The molecule has 2 N–H and O–H groups in total. The number of hydrogen-bond acceptors (Lipinski definition) is 5. The van der Waals surface area contributed by atoms with E-state index in [1.807, 2.05) is 51.1 Å². The third-order valence-corrected chi connectivity index (χ3v) is 6.08. The van der Waals surface area contributed by atoms with Gasteiger partial charge in [0.05, 0.1) is 18.8 Å². The van der Waals surface area contributed by atoms with Gasteiger partial charge in [0, 0.05) is 24.2 Å². The van der Waals surface area contributed by atoms with Gasteiger partial charge in [-0.05, 0) is 75.8 Å². The number of aliphatic hydroxyl groups excluding tert-OH is 1. The lowest BCUT2D eigenvalue weighted by Crippen LogP contribution is -2.32. The molecule has 2 rings (SSSR count). The maximum absolute atomic E-state index is 12.5. The van der Waals surface area contributed by atoms with Crippen LogP contribution in [0.1, 0.15) is 85.6 Å². The second-order valence-electron chi connectivity index (χ2n) is 12.0. The predicted molar refractivity (Wildman–Crippen MR) is 138 cm³/mol. The average molecular weight is 472 g/mol. The van der Waals surface area contributed by atoms with Crippen LogP contribution >= 0.6 is 0 Å². The molecular weight excluding hydrogens is 426 g/mol. The van der Waals surface area contributed by atoms with E-state index in [9.17, 15) is 9.90 Å². The molecule has 1 saturated carbocycles. The molecule has 1 aliphatic carbocycles. The highest BCUT2D eigenvalue weighted by atomic mass is 16.6. The topological polar surface area (TPSA) is 79.6 Å². The molecule has 0 radical (unpaired) electrons. The molecule has 0 aliphatic heterocycles. The Morgan fingerprint density at radius 1 is 1.15 bits per heavy atom. The van der Waals surface area contributed by atoms with Crippen LogP contribution in [0.3, 0.4) is 0 Å². The van der Waals surface area contributed by atoms with Crippen molar-refractivity contribution in [3.63, 3.8) is 0 Å². The number of ether oxygens (including phenoxy) is 2. The molecule has 0 spiro atoms. The maximum Gasteiger partial charge on any atom is 0.307 e. The van der Waals surface area contributed by atoms with Crippen LogP contribution in [0.2, 0.25) is 0 Å². The molecule has 0 unspecified atom stereocenters. The van der Waals surface area contributed by atoms with Gasteiger partial charge in [-0.1, -0.05) is 51.1 Å². The van der Waals surface area contributed by atoms with Crippen LogP contribution in [0.25, 0.3) is 0 Å². The van der Waals surface area contributed by atoms with E-state index in [0.29, 0.717) is 43.1 Å². The van der Waals surface area contributed by atoms with Gasteiger partial charge < -0.3 is 20.0 Å². The first kappa shape index (κ1) is 28.1. The molecule has 0 heterocycles. The highest BCUT2D eigenvalue weighted by molar-refractivity contribution is 5.95. The van der Waals surface area contributed by atoms with Crippen LogP contribution in [0.15, 0.2) is 42.2 Å². The fourth-order valence-electron chi connectivity index (χ4n) is 4.55. The number of allylic oxidation sites excluding steroid dienone is 2. The lowest BCUT2D eigenvalue weighted by molar-refractivity contribution is -0.156. The molecule has 1 aromatic rings.